The molecule has 8 unspecified atom stereocenters. The zero-order valence-electron chi connectivity index (χ0n) is 20.6. The van der Waals surface area contributed by atoms with E-state index in [4.69, 9.17) is 4.74 Å². The number of carbonyl (C=O) groups is 1. The molecule has 0 saturated heterocycles. The fourth-order valence-corrected chi connectivity index (χ4v) is 8.92. The average Bonchev–Trinajstić information content (AvgIpc) is 3.20. The Morgan fingerprint density at radius 3 is 2.85 bits per heavy atom. The van der Waals surface area contributed by atoms with Gasteiger partial charge in [0.05, 0.1) is 5.52 Å². The van der Waals surface area contributed by atoms with E-state index in [0.717, 1.165) is 68.7 Å². The summed E-state index contributed by atoms with van der Waals surface area (Å²) in [6.45, 7) is 4.75. The summed E-state index contributed by atoms with van der Waals surface area (Å²) in [5.41, 5.74) is -0.0735. The monoisotopic (exact) mass is 463 g/mol. The van der Waals surface area contributed by atoms with E-state index in [1.165, 1.54) is 0 Å². The lowest BCUT2D eigenvalue weighted by Gasteiger charge is -2.58. The quantitative estimate of drug-likeness (QED) is 0.482. The van der Waals surface area contributed by atoms with E-state index in [-0.39, 0.29) is 35.6 Å². The number of hydrogen-bond acceptors (Lipinski definition) is 3. The second-order valence-electron chi connectivity index (χ2n) is 12.2. The minimum Gasteiger partial charge on any atom is -0.486 e. The number of fused-ring (bicyclic) bond motifs is 6. The third-order valence-corrected chi connectivity index (χ3v) is 10.6. The normalized spacial score (nSPS) is 41.4. The molecule has 1 aromatic heterocycles. The highest BCUT2D eigenvalue weighted by atomic mass is 19.1. The summed E-state index contributed by atoms with van der Waals surface area (Å²) in [6.07, 6.45) is 10.8. The first-order valence-corrected chi connectivity index (χ1v) is 13.6. The van der Waals surface area contributed by atoms with Gasteiger partial charge in [-0.3, -0.25) is 9.78 Å². The second-order valence-corrected chi connectivity index (χ2v) is 12.2. The van der Waals surface area contributed by atoms with Gasteiger partial charge < -0.3 is 4.74 Å². The molecule has 2 aromatic rings. The van der Waals surface area contributed by atoms with E-state index in [0.29, 0.717) is 23.5 Å². The van der Waals surface area contributed by atoms with Crippen LogP contribution in [0.2, 0.25) is 0 Å². The van der Waals surface area contributed by atoms with Crippen LogP contribution in [0.25, 0.3) is 10.9 Å². The van der Waals surface area contributed by atoms with Crippen molar-refractivity contribution in [1.29, 1.82) is 0 Å². The number of benzene rings is 1. The Balaban J connectivity index is 1.15. The highest BCUT2D eigenvalue weighted by Crippen LogP contribution is 2.66. The van der Waals surface area contributed by atoms with E-state index in [9.17, 15) is 4.79 Å². The molecule has 4 aliphatic rings. The molecule has 8 atom stereocenters. The van der Waals surface area contributed by atoms with Crippen LogP contribution in [-0.2, 0) is 4.79 Å². The van der Waals surface area contributed by atoms with Crippen molar-refractivity contribution in [3.63, 3.8) is 0 Å². The number of carbonyl (C=O) groups excluding carboxylic acids is 1. The minimum atomic E-state index is -0.952. The lowest BCUT2D eigenvalue weighted by Crippen LogP contribution is -2.56. The van der Waals surface area contributed by atoms with Crippen LogP contribution in [0.4, 0.5) is 4.39 Å². The van der Waals surface area contributed by atoms with Crippen molar-refractivity contribution in [3.8, 4) is 5.75 Å². The molecule has 4 fully saturated rings. The summed E-state index contributed by atoms with van der Waals surface area (Å²) in [4.78, 5) is 17.8. The molecule has 6 rings (SSSR count). The summed E-state index contributed by atoms with van der Waals surface area (Å²) in [7, 11) is 0. The number of Topliss-reactive ketones (excluding diaryl/α,β-unsaturated/α-hetero) is 1. The van der Waals surface area contributed by atoms with E-state index in [2.05, 4.69) is 18.8 Å². The van der Waals surface area contributed by atoms with Crippen LogP contribution in [0.15, 0.2) is 36.5 Å². The molecule has 34 heavy (non-hydrogen) atoms. The molecule has 1 heterocycles. The average molecular weight is 464 g/mol. The molecular weight excluding hydrogens is 425 g/mol. The first-order valence-electron chi connectivity index (χ1n) is 13.6. The van der Waals surface area contributed by atoms with Gasteiger partial charge in [0.25, 0.3) is 0 Å². The largest absolute Gasteiger partial charge is 0.486 e. The van der Waals surface area contributed by atoms with Gasteiger partial charge in [-0.05, 0) is 111 Å². The molecule has 0 bridgehead atoms. The Bertz CT molecular complexity index is 1090. The van der Waals surface area contributed by atoms with Crippen molar-refractivity contribution >= 4 is 16.7 Å². The Morgan fingerprint density at radius 1 is 1.09 bits per heavy atom. The second kappa shape index (κ2) is 8.31. The van der Waals surface area contributed by atoms with Crippen LogP contribution < -0.4 is 4.74 Å². The number of ketones is 1. The van der Waals surface area contributed by atoms with E-state index < -0.39 is 5.67 Å². The standard InChI is InChI=1S/C30H38FNO2/c1-19-11-14-30(31)21(16-19)6-8-23-24-9-10-26(29(24,2)13-12-25(23)30)28(33)18-34-22-7-5-20-4-3-15-32-27(20)17-22/h3-5,7,15,17,19,21,23-26H,6,8-14,16,18H2,1-2H3. The summed E-state index contributed by atoms with van der Waals surface area (Å²) in [6, 6.07) is 9.77. The smallest absolute Gasteiger partial charge is 0.173 e. The first-order chi connectivity index (χ1) is 16.4. The van der Waals surface area contributed by atoms with Crippen molar-refractivity contribution in [2.45, 2.75) is 77.3 Å². The molecule has 0 amide bonds. The van der Waals surface area contributed by atoms with Crippen LogP contribution in [0.5, 0.6) is 5.75 Å². The maximum atomic E-state index is 16.5. The van der Waals surface area contributed by atoms with Gasteiger partial charge in [-0.1, -0.05) is 19.9 Å². The summed E-state index contributed by atoms with van der Waals surface area (Å²) >= 11 is 0. The SMILES string of the molecule is CC1CCC2(F)C(CCC3C4CCC(C(=O)COc5ccc6cccnc6c5)C4(C)CCC32)C1. The lowest BCUT2D eigenvalue weighted by molar-refractivity contribution is -0.146. The minimum absolute atomic E-state index is 0.00228. The molecule has 0 radical (unpaired) electrons. The summed E-state index contributed by atoms with van der Waals surface area (Å²) in [5.74, 6) is 3.06. The molecule has 182 valence electrons. The third kappa shape index (κ3) is 3.50. The van der Waals surface area contributed by atoms with Crippen LogP contribution in [0.3, 0.4) is 0 Å². The van der Waals surface area contributed by atoms with Crippen molar-refractivity contribution in [2.24, 2.45) is 40.9 Å². The van der Waals surface area contributed by atoms with Crippen LogP contribution in [0.1, 0.15) is 71.6 Å². The van der Waals surface area contributed by atoms with E-state index >= 15 is 4.39 Å². The number of nitrogens with zero attached hydrogens (tertiary/aromatic N) is 1. The molecule has 4 heteroatoms. The number of halogens is 1. The zero-order chi connectivity index (χ0) is 23.5. The number of hydrogen-bond donors (Lipinski definition) is 0. The molecule has 0 N–H and O–H groups in total. The lowest BCUT2D eigenvalue weighted by atomic mass is 9.48. The first kappa shape index (κ1) is 22.5. The summed E-state index contributed by atoms with van der Waals surface area (Å²) < 4.78 is 22.5. The van der Waals surface area contributed by atoms with Gasteiger partial charge in [0.2, 0.25) is 0 Å². The third-order valence-electron chi connectivity index (χ3n) is 10.6. The van der Waals surface area contributed by atoms with Crippen molar-refractivity contribution in [3.05, 3.63) is 36.5 Å². The molecule has 4 aliphatic carbocycles. The molecule has 3 nitrogen and oxygen atoms in total. The maximum absolute atomic E-state index is 16.5. The van der Waals surface area contributed by atoms with Gasteiger partial charge in [-0.15, -0.1) is 0 Å². The molecule has 0 aliphatic heterocycles. The topological polar surface area (TPSA) is 39.2 Å². The van der Waals surface area contributed by atoms with Gasteiger partial charge in [0.1, 0.15) is 18.0 Å². The predicted octanol–water partition coefficient (Wildman–Crippen LogP) is 7.18. The van der Waals surface area contributed by atoms with Crippen LogP contribution >= 0.6 is 0 Å². The van der Waals surface area contributed by atoms with Gasteiger partial charge in [0.15, 0.2) is 5.78 Å². The zero-order valence-corrected chi connectivity index (χ0v) is 20.6. The van der Waals surface area contributed by atoms with Crippen molar-refractivity contribution in [2.75, 3.05) is 6.61 Å². The van der Waals surface area contributed by atoms with Crippen LogP contribution in [0, 0.1) is 40.9 Å². The van der Waals surface area contributed by atoms with Crippen LogP contribution in [-0.4, -0.2) is 23.0 Å². The van der Waals surface area contributed by atoms with Crippen molar-refractivity contribution in [1.82, 2.24) is 4.98 Å². The van der Waals surface area contributed by atoms with Gasteiger partial charge >= 0.3 is 0 Å². The Kier molecular flexibility index (Phi) is 5.50. The van der Waals surface area contributed by atoms with Gasteiger partial charge in [-0.2, -0.15) is 0 Å². The number of rotatable bonds is 4. The summed E-state index contributed by atoms with van der Waals surface area (Å²) in [5, 5.41) is 1.07. The number of ether oxygens (including phenoxy) is 1. The Labute approximate surface area is 202 Å². The molecule has 1 aromatic carbocycles. The highest BCUT2D eigenvalue weighted by molar-refractivity contribution is 5.84. The van der Waals surface area contributed by atoms with Crippen molar-refractivity contribution < 1.29 is 13.9 Å². The number of aromatic nitrogens is 1. The van der Waals surface area contributed by atoms with Gasteiger partial charge in [0, 0.05) is 23.6 Å². The molecule has 4 saturated carbocycles. The molecule has 0 spiro atoms. The predicted molar refractivity (Wildman–Crippen MR) is 132 cm³/mol. The Morgan fingerprint density at radius 2 is 1.97 bits per heavy atom. The van der Waals surface area contributed by atoms with E-state index in [1.807, 2.05) is 30.3 Å². The Hall–Kier alpha value is -1.97. The fourth-order valence-electron chi connectivity index (χ4n) is 8.92. The van der Waals surface area contributed by atoms with Gasteiger partial charge in [-0.25, -0.2) is 4.39 Å². The highest BCUT2D eigenvalue weighted by Gasteiger charge is 2.62. The number of pyridine rings is 1. The van der Waals surface area contributed by atoms with E-state index in [1.54, 1.807) is 6.20 Å². The maximum Gasteiger partial charge on any atom is 0.173 e. The molecular formula is C30H38FNO2. The fraction of sp³-hybridized carbons (Fsp3) is 0.667. The number of alkyl halides is 1.